The highest BCUT2D eigenvalue weighted by Gasteiger charge is 2.22. The van der Waals surface area contributed by atoms with Gasteiger partial charge in [0.15, 0.2) is 0 Å². The first kappa shape index (κ1) is 14.7. The molecule has 1 aromatic rings. The van der Waals surface area contributed by atoms with Crippen molar-refractivity contribution in [1.82, 2.24) is 9.97 Å². The molecular formula is C14H23BrN4. The van der Waals surface area contributed by atoms with Crippen LogP contribution >= 0.6 is 15.9 Å². The summed E-state index contributed by atoms with van der Waals surface area (Å²) in [6.07, 6.45) is 12.4. The second kappa shape index (κ2) is 7.80. The first-order chi connectivity index (χ1) is 9.33. The molecule has 1 fully saturated rings. The van der Waals surface area contributed by atoms with Crippen molar-refractivity contribution in [3.63, 3.8) is 0 Å². The summed E-state index contributed by atoms with van der Waals surface area (Å²) in [5.74, 6) is 1.02. The third-order valence-electron chi connectivity index (χ3n) is 3.79. The number of hydrogen-bond acceptors (Lipinski definition) is 4. The first-order valence-electron chi connectivity index (χ1n) is 7.25. The van der Waals surface area contributed by atoms with E-state index in [-0.39, 0.29) is 0 Å². The van der Waals surface area contributed by atoms with Crippen molar-refractivity contribution in [2.24, 2.45) is 5.73 Å². The van der Waals surface area contributed by atoms with Crippen molar-refractivity contribution in [1.29, 1.82) is 0 Å². The number of halogens is 1. The Bertz CT molecular complexity index is 377. The summed E-state index contributed by atoms with van der Waals surface area (Å²) in [4.78, 5) is 11.0. The highest BCUT2D eigenvalue weighted by atomic mass is 79.9. The predicted molar refractivity (Wildman–Crippen MR) is 82.2 cm³/mol. The van der Waals surface area contributed by atoms with E-state index >= 15 is 0 Å². The summed E-state index contributed by atoms with van der Waals surface area (Å²) in [5, 5.41) is 0. The molecule has 0 radical (unpaired) electrons. The van der Waals surface area contributed by atoms with Gasteiger partial charge >= 0.3 is 0 Å². The predicted octanol–water partition coefficient (Wildman–Crippen LogP) is 3.12. The minimum absolute atomic E-state index is 0.597. The van der Waals surface area contributed by atoms with Crippen LogP contribution in [0, 0.1) is 0 Å². The summed E-state index contributed by atoms with van der Waals surface area (Å²) in [5.41, 5.74) is 5.68. The van der Waals surface area contributed by atoms with E-state index in [4.69, 9.17) is 5.73 Å². The molecule has 0 unspecified atom stereocenters. The molecule has 1 heterocycles. The second-order valence-corrected chi connectivity index (χ2v) is 6.03. The van der Waals surface area contributed by atoms with Crippen LogP contribution in [0.3, 0.4) is 0 Å². The normalized spacial score (nSPS) is 17.2. The van der Waals surface area contributed by atoms with Gasteiger partial charge in [0.2, 0.25) is 0 Å². The number of aromatic nitrogens is 2. The molecule has 2 rings (SSSR count). The maximum Gasteiger partial charge on any atom is 0.146 e. The van der Waals surface area contributed by atoms with Gasteiger partial charge in [-0.3, -0.25) is 0 Å². The third kappa shape index (κ3) is 4.14. The Morgan fingerprint density at radius 1 is 1.26 bits per heavy atom. The van der Waals surface area contributed by atoms with Crippen LogP contribution in [-0.4, -0.2) is 29.1 Å². The van der Waals surface area contributed by atoms with Crippen LogP contribution in [-0.2, 0) is 0 Å². The molecule has 0 aromatic carbocycles. The number of nitrogens with two attached hydrogens (primary N) is 1. The van der Waals surface area contributed by atoms with Crippen LogP contribution in [0.5, 0.6) is 0 Å². The van der Waals surface area contributed by atoms with Gasteiger partial charge in [0.1, 0.15) is 12.1 Å². The average molecular weight is 327 g/mol. The molecule has 0 amide bonds. The molecule has 4 nitrogen and oxygen atoms in total. The SMILES string of the molecule is NCCCN(c1ncncc1Br)C1CCCCCC1. The lowest BCUT2D eigenvalue weighted by molar-refractivity contribution is 0.514. The third-order valence-corrected chi connectivity index (χ3v) is 4.35. The Labute approximate surface area is 123 Å². The lowest BCUT2D eigenvalue weighted by Crippen LogP contribution is -2.37. The fraction of sp³-hybridized carbons (Fsp3) is 0.714. The van der Waals surface area contributed by atoms with Crippen molar-refractivity contribution in [3.8, 4) is 0 Å². The van der Waals surface area contributed by atoms with Gasteiger partial charge in [-0.15, -0.1) is 0 Å². The lowest BCUT2D eigenvalue weighted by atomic mass is 10.1. The van der Waals surface area contributed by atoms with Crippen molar-refractivity contribution in [3.05, 3.63) is 17.0 Å². The maximum absolute atomic E-state index is 5.68. The van der Waals surface area contributed by atoms with Gasteiger partial charge in [0.25, 0.3) is 0 Å². The summed E-state index contributed by atoms with van der Waals surface area (Å²) in [7, 11) is 0. The zero-order valence-corrected chi connectivity index (χ0v) is 13.0. The molecule has 0 atom stereocenters. The molecule has 1 aliphatic rings. The lowest BCUT2D eigenvalue weighted by Gasteiger charge is -2.32. The van der Waals surface area contributed by atoms with E-state index in [0.717, 1.165) is 29.8 Å². The van der Waals surface area contributed by atoms with E-state index in [0.29, 0.717) is 6.04 Å². The molecule has 106 valence electrons. The molecule has 1 aliphatic carbocycles. The average Bonchev–Trinajstić information content (AvgIpc) is 2.70. The summed E-state index contributed by atoms with van der Waals surface area (Å²) >= 11 is 3.58. The minimum atomic E-state index is 0.597. The number of nitrogens with zero attached hydrogens (tertiary/aromatic N) is 3. The molecule has 0 aliphatic heterocycles. The van der Waals surface area contributed by atoms with Gasteiger partial charge in [-0.1, -0.05) is 25.7 Å². The Morgan fingerprint density at radius 2 is 2.00 bits per heavy atom. The molecule has 0 saturated heterocycles. The van der Waals surface area contributed by atoms with E-state index in [1.165, 1.54) is 38.5 Å². The summed E-state index contributed by atoms with van der Waals surface area (Å²) in [6.45, 7) is 1.71. The number of hydrogen-bond donors (Lipinski definition) is 1. The quantitative estimate of drug-likeness (QED) is 0.844. The standard InChI is InChI=1S/C14H23BrN4/c15-13-10-17-11-18-14(13)19(9-5-8-16)12-6-3-1-2-4-7-12/h10-12H,1-9,16H2. The van der Waals surface area contributed by atoms with E-state index in [9.17, 15) is 0 Å². The summed E-state index contributed by atoms with van der Waals surface area (Å²) < 4.78 is 0.983. The monoisotopic (exact) mass is 326 g/mol. The smallest absolute Gasteiger partial charge is 0.146 e. The minimum Gasteiger partial charge on any atom is -0.353 e. The highest BCUT2D eigenvalue weighted by Crippen LogP contribution is 2.29. The zero-order chi connectivity index (χ0) is 13.5. The summed E-state index contributed by atoms with van der Waals surface area (Å²) in [6, 6.07) is 0.597. The van der Waals surface area contributed by atoms with Gasteiger partial charge < -0.3 is 10.6 Å². The van der Waals surface area contributed by atoms with E-state index in [1.807, 2.05) is 6.20 Å². The maximum atomic E-state index is 5.68. The van der Waals surface area contributed by atoms with Gasteiger partial charge in [-0.25, -0.2) is 9.97 Å². The van der Waals surface area contributed by atoms with Crippen molar-refractivity contribution < 1.29 is 0 Å². The van der Waals surface area contributed by atoms with Gasteiger partial charge in [-0.05, 0) is 41.7 Å². The van der Waals surface area contributed by atoms with Crippen molar-refractivity contribution in [2.75, 3.05) is 18.0 Å². The molecule has 1 saturated carbocycles. The van der Waals surface area contributed by atoms with E-state index in [2.05, 4.69) is 30.8 Å². The molecule has 5 heteroatoms. The van der Waals surface area contributed by atoms with Crippen LogP contribution in [0.1, 0.15) is 44.9 Å². The Balaban J connectivity index is 2.16. The van der Waals surface area contributed by atoms with E-state index < -0.39 is 0 Å². The van der Waals surface area contributed by atoms with Gasteiger partial charge in [0, 0.05) is 18.8 Å². The van der Waals surface area contributed by atoms with Crippen LogP contribution in [0.4, 0.5) is 5.82 Å². The van der Waals surface area contributed by atoms with Gasteiger partial charge in [0.05, 0.1) is 4.47 Å². The Morgan fingerprint density at radius 3 is 2.63 bits per heavy atom. The fourth-order valence-corrected chi connectivity index (χ4v) is 3.26. The molecular weight excluding hydrogens is 304 g/mol. The van der Waals surface area contributed by atoms with Crippen LogP contribution < -0.4 is 10.6 Å². The van der Waals surface area contributed by atoms with E-state index in [1.54, 1.807) is 6.33 Å². The largest absolute Gasteiger partial charge is 0.353 e. The molecule has 19 heavy (non-hydrogen) atoms. The zero-order valence-electron chi connectivity index (χ0n) is 11.4. The Kier molecular flexibility index (Phi) is 6.04. The fourth-order valence-electron chi connectivity index (χ4n) is 2.81. The topological polar surface area (TPSA) is 55.0 Å². The van der Waals surface area contributed by atoms with Crippen LogP contribution in [0.15, 0.2) is 17.0 Å². The van der Waals surface area contributed by atoms with Crippen LogP contribution in [0.2, 0.25) is 0 Å². The first-order valence-corrected chi connectivity index (χ1v) is 8.04. The van der Waals surface area contributed by atoms with Crippen molar-refractivity contribution in [2.45, 2.75) is 51.0 Å². The van der Waals surface area contributed by atoms with Crippen LogP contribution in [0.25, 0.3) is 0 Å². The number of anilines is 1. The molecule has 2 N–H and O–H groups in total. The molecule has 0 spiro atoms. The Hall–Kier alpha value is -0.680. The van der Waals surface area contributed by atoms with Crippen molar-refractivity contribution >= 4 is 21.7 Å². The molecule has 0 bridgehead atoms. The number of rotatable bonds is 5. The molecule has 1 aromatic heterocycles. The second-order valence-electron chi connectivity index (χ2n) is 5.18. The highest BCUT2D eigenvalue weighted by molar-refractivity contribution is 9.10. The van der Waals surface area contributed by atoms with Gasteiger partial charge in [-0.2, -0.15) is 0 Å².